The van der Waals surface area contributed by atoms with E-state index in [1.165, 1.54) is 0 Å². The van der Waals surface area contributed by atoms with E-state index in [4.69, 9.17) is 0 Å². The number of sulfonamides is 1. The second-order valence-electron chi connectivity index (χ2n) is 5.58. The highest BCUT2D eigenvalue weighted by atomic mass is 32.2. The highest BCUT2D eigenvalue weighted by Crippen LogP contribution is 2.26. The molecule has 1 aromatic carbocycles. The first-order chi connectivity index (χ1) is 9.46. The summed E-state index contributed by atoms with van der Waals surface area (Å²) in [7, 11) is -1.49. The van der Waals surface area contributed by atoms with Gasteiger partial charge in [-0.1, -0.05) is 12.5 Å². The minimum absolute atomic E-state index is 0.0998. The van der Waals surface area contributed by atoms with Crippen LogP contribution in [0.5, 0.6) is 0 Å². The van der Waals surface area contributed by atoms with Gasteiger partial charge in [-0.05, 0) is 57.0 Å². The van der Waals surface area contributed by atoms with Gasteiger partial charge >= 0.3 is 0 Å². The van der Waals surface area contributed by atoms with Gasteiger partial charge in [0.05, 0.1) is 4.90 Å². The molecule has 112 valence electrons. The second-order valence-corrected chi connectivity index (χ2v) is 7.47. The van der Waals surface area contributed by atoms with E-state index >= 15 is 0 Å². The molecule has 0 aliphatic carbocycles. The Balaban J connectivity index is 2.36. The number of benzene rings is 1. The fraction of sp³-hybridized carbons (Fsp3) is 0.600. The van der Waals surface area contributed by atoms with E-state index in [1.54, 1.807) is 10.4 Å². The number of hydrogen-bond acceptors (Lipinski definition) is 3. The van der Waals surface area contributed by atoms with Gasteiger partial charge in [-0.15, -0.1) is 0 Å². The van der Waals surface area contributed by atoms with E-state index in [0.29, 0.717) is 18.0 Å². The van der Waals surface area contributed by atoms with Crippen LogP contribution < -0.4 is 5.32 Å². The first-order valence-electron chi connectivity index (χ1n) is 7.23. The smallest absolute Gasteiger partial charge is 0.243 e. The average molecular weight is 296 g/mol. The number of piperidine rings is 1. The van der Waals surface area contributed by atoms with Gasteiger partial charge in [0.15, 0.2) is 0 Å². The van der Waals surface area contributed by atoms with Crippen LogP contribution in [0.2, 0.25) is 0 Å². The Bertz CT molecular complexity index is 569. The summed E-state index contributed by atoms with van der Waals surface area (Å²) in [5.41, 5.74) is 2.16. The van der Waals surface area contributed by atoms with Gasteiger partial charge in [0.25, 0.3) is 0 Å². The summed E-state index contributed by atoms with van der Waals surface area (Å²) in [6, 6.07) is 5.53. The number of aryl methyl sites for hydroxylation is 1. The van der Waals surface area contributed by atoms with E-state index in [1.807, 2.05) is 33.0 Å². The largest absolute Gasteiger partial charge is 0.316 e. The molecule has 1 unspecified atom stereocenters. The molecule has 0 spiro atoms. The third-order valence-electron chi connectivity index (χ3n) is 4.04. The molecule has 0 saturated carbocycles. The highest BCUT2D eigenvalue weighted by Gasteiger charge is 2.31. The number of hydrogen-bond donors (Lipinski definition) is 1. The Morgan fingerprint density at radius 2 is 2.10 bits per heavy atom. The van der Waals surface area contributed by atoms with Crippen LogP contribution in [0.4, 0.5) is 0 Å². The van der Waals surface area contributed by atoms with Crippen LogP contribution in [0.3, 0.4) is 0 Å². The summed E-state index contributed by atoms with van der Waals surface area (Å²) in [6.45, 7) is 5.33. The minimum atomic E-state index is -3.36. The van der Waals surface area contributed by atoms with Crippen molar-refractivity contribution in [1.29, 1.82) is 0 Å². The Morgan fingerprint density at radius 1 is 1.35 bits per heavy atom. The van der Waals surface area contributed by atoms with Crippen molar-refractivity contribution in [3.63, 3.8) is 0 Å². The summed E-state index contributed by atoms with van der Waals surface area (Å²) in [6.07, 6.45) is 3.03. The fourth-order valence-corrected chi connectivity index (χ4v) is 4.50. The molecule has 1 heterocycles. The van der Waals surface area contributed by atoms with Crippen LogP contribution in [-0.2, 0) is 16.6 Å². The van der Waals surface area contributed by atoms with Crippen LogP contribution in [0.15, 0.2) is 23.1 Å². The molecule has 1 atom stereocenters. The number of nitrogens with one attached hydrogen (secondary N) is 1. The van der Waals surface area contributed by atoms with E-state index < -0.39 is 10.0 Å². The summed E-state index contributed by atoms with van der Waals surface area (Å²) >= 11 is 0. The SMILES string of the molecule is CNCc1cc(S(=O)(=O)N2CCCCC2C)ccc1C. The van der Waals surface area contributed by atoms with Gasteiger partial charge in [-0.2, -0.15) is 4.31 Å². The lowest BCUT2D eigenvalue weighted by Crippen LogP contribution is -2.41. The van der Waals surface area contributed by atoms with Crippen molar-refractivity contribution in [2.45, 2.75) is 50.6 Å². The maximum atomic E-state index is 12.8. The molecule has 0 amide bonds. The van der Waals surface area contributed by atoms with E-state index in [9.17, 15) is 8.42 Å². The Kier molecular flexibility index (Phi) is 4.83. The monoisotopic (exact) mass is 296 g/mol. The predicted octanol–water partition coefficient (Wildman–Crippen LogP) is 2.28. The lowest BCUT2D eigenvalue weighted by Gasteiger charge is -2.32. The molecule has 5 heteroatoms. The highest BCUT2D eigenvalue weighted by molar-refractivity contribution is 7.89. The predicted molar refractivity (Wildman–Crippen MR) is 81.1 cm³/mol. The van der Waals surface area contributed by atoms with E-state index in [0.717, 1.165) is 30.4 Å². The fourth-order valence-electron chi connectivity index (χ4n) is 2.75. The topological polar surface area (TPSA) is 49.4 Å². The zero-order valence-electron chi connectivity index (χ0n) is 12.5. The molecule has 0 radical (unpaired) electrons. The second kappa shape index (κ2) is 6.24. The molecule has 0 aromatic heterocycles. The molecule has 1 aromatic rings. The first kappa shape index (κ1) is 15.5. The van der Waals surface area contributed by atoms with Crippen molar-refractivity contribution in [2.24, 2.45) is 0 Å². The summed E-state index contributed by atoms with van der Waals surface area (Å²) in [4.78, 5) is 0.419. The van der Waals surface area contributed by atoms with Crippen molar-refractivity contribution in [3.05, 3.63) is 29.3 Å². The standard InChI is InChI=1S/C15H24N2O2S/c1-12-7-8-15(10-14(12)11-16-3)20(18,19)17-9-5-4-6-13(17)2/h7-8,10,13,16H,4-6,9,11H2,1-3H3. The van der Waals surface area contributed by atoms with Crippen LogP contribution in [0.25, 0.3) is 0 Å². The molecule has 1 aliphatic rings. The van der Waals surface area contributed by atoms with E-state index in [2.05, 4.69) is 5.32 Å². The molecule has 1 saturated heterocycles. The third kappa shape index (κ3) is 3.05. The first-order valence-corrected chi connectivity index (χ1v) is 8.67. The van der Waals surface area contributed by atoms with Crippen molar-refractivity contribution in [1.82, 2.24) is 9.62 Å². The molecule has 2 rings (SSSR count). The third-order valence-corrected chi connectivity index (χ3v) is 6.05. The molecule has 1 aliphatic heterocycles. The zero-order valence-corrected chi connectivity index (χ0v) is 13.3. The lowest BCUT2D eigenvalue weighted by atomic mass is 10.1. The summed E-state index contributed by atoms with van der Waals surface area (Å²) in [5.74, 6) is 0. The maximum absolute atomic E-state index is 12.8. The van der Waals surface area contributed by atoms with Gasteiger partial charge in [0.2, 0.25) is 10.0 Å². The maximum Gasteiger partial charge on any atom is 0.243 e. The van der Waals surface area contributed by atoms with Gasteiger partial charge < -0.3 is 5.32 Å². The van der Waals surface area contributed by atoms with Crippen LogP contribution in [-0.4, -0.2) is 32.4 Å². The van der Waals surface area contributed by atoms with Gasteiger partial charge in [-0.25, -0.2) is 8.42 Å². The number of rotatable bonds is 4. The van der Waals surface area contributed by atoms with Crippen molar-refractivity contribution < 1.29 is 8.42 Å². The van der Waals surface area contributed by atoms with E-state index in [-0.39, 0.29) is 6.04 Å². The van der Waals surface area contributed by atoms with Gasteiger partial charge in [0, 0.05) is 19.1 Å². The average Bonchev–Trinajstić information content (AvgIpc) is 2.41. The summed E-state index contributed by atoms with van der Waals surface area (Å²) < 4.78 is 27.2. The Labute approximate surface area is 122 Å². The van der Waals surface area contributed by atoms with Crippen LogP contribution >= 0.6 is 0 Å². The molecule has 0 bridgehead atoms. The summed E-state index contributed by atoms with van der Waals surface area (Å²) in [5, 5.41) is 3.08. The normalized spacial score (nSPS) is 21.1. The minimum Gasteiger partial charge on any atom is -0.316 e. The quantitative estimate of drug-likeness (QED) is 0.927. The molecule has 1 fully saturated rings. The molecule has 4 nitrogen and oxygen atoms in total. The van der Waals surface area contributed by atoms with Crippen molar-refractivity contribution >= 4 is 10.0 Å². The van der Waals surface area contributed by atoms with Crippen molar-refractivity contribution in [3.8, 4) is 0 Å². The molecular weight excluding hydrogens is 272 g/mol. The molecule has 20 heavy (non-hydrogen) atoms. The van der Waals surface area contributed by atoms with Crippen LogP contribution in [0.1, 0.15) is 37.3 Å². The molecule has 1 N–H and O–H groups in total. The lowest BCUT2D eigenvalue weighted by molar-refractivity contribution is 0.268. The van der Waals surface area contributed by atoms with Gasteiger partial charge in [-0.3, -0.25) is 0 Å². The Morgan fingerprint density at radius 3 is 2.75 bits per heavy atom. The van der Waals surface area contributed by atoms with Crippen molar-refractivity contribution in [2.75, 3.05) is 13.6 Å². The number of nitrogens with zero attached hydrogens (tertiary/aromatic N) is 1. The zero-order chi connectivity index (χ0) is 14.8. The molecular formula is C15H24N2O2S. The Hall–Kier alpha value is -0.910. The van der Waals surface area contributed by atoms with Crippen LogP contribution in [0, 0.1) is 6.92 Å². The van der Waals surface area contributed by atoms with Gasteiger partial charge in [0.1, 0.15) is 0 Å².